The molecule has 0 bridgehead atoms. The van der Waals surface area contributed by atoms with Crippen molar-refractivity contribution >= 4 is 17.9 Å². The van der Waals surface area contributed by atoms with Crippen LogP contribution in [0.25, 0.3) is 0 Å². The zero-order valence-electron chi connectivity index (χ0n) is 59.3. The Kier molecular flexibility index (Phi) is 85.5. The number of esters is 3. The van der Waals surface area contributed by atoms with Crippen molar-refractivity contribution in [1.29, 1.82) is 0 Å². The molecule has 0 aromatic carbocycles. The van der Waals surface area contributed by atoms with Crippen LogP contribution >= 0.6 is 0 Å². The minimum absolute atomic E-state index is 0.160. The number of carbonyl (C=O) groups excluding carboxylic acids is 3. The highest BCUT2D eigenvalue weighted by Crippen LogP contribution is 2.19. The maximum Gasteiger partial charge on any atom is 0.333 e. The van der Waals surface area contributed by atoms with Crippen LogP contribution in [0, 0.1) is 0 Å². The third kappa shape index (κ3) is 83.2. The van der Waals surface area contributed by atoms with Crippen molar-refractivity contribution in [2.24, 2.45) is 0 Å². The quantitative estimate of drug-likeness (QED) is 0.0198. The Labute approximate surface area is 539 Å². The molecule has 0 unspecified atom stereocenters. The Morgan fingerprint density at radius 1 is 0.267 bits per heavy atom. The summed E-state index contributed by atoms with van der Waals surface area (Å²) in [6.07, 6.45) is 82.1. The zero-order valence-corrected chi connectivity index (χ0v) is 59.3. The molecule has 0 aliphatic carbocycles. The van der Waals surface area contributed by atoms with Crippen LogP contribution in [0.2, 0.25) is 0 Å². The molecule has 6 nitrogen and oxygen atoms in total. The molecule has 0 N–H and O–H groups in total. The first-order valence-electron chi connectivity index (χ1n) is 37.7. The molecule has 86 heavy (non-hydrogen) atoms. The maximum atomic E-state index is 12.2. The summed E-state index contributed by atoms with van der Waals surface area (Å²) >= 11 is 0. The van der Waals surface area contributed by atoms with E-state index in [1.54, 1.807) is 19.1 Å². The van der Waals surface area contributed by atoms with Gasteiger partial charge in [-0.2, -0.15) is 0 Å². The smallest absolute Gasteiger partial charge is 0.333 e. The number of ether oxygens (including phenoxy) is 3. The van der Waals surface area contributed by atoms with E-state index in [-0.39, 0.29) is 17.9 Å². The van der Waals surface area contributed by atoms with Gasteiger partial charge in [-0.1, -0.05) is 413 Å². The summed E-state index contributed by atoms with van der Waals surface area (Å²) < 4.78 is 15.2. The maximum absolute atomic E-state index is 12.2. The van der Waals surface area contributed by atoms with Gasteiger partial charge in [-0.15, -0.1) is 0 Å². The van der Waals surface area contributed by atoms with Gasteiger partial charge in [0.1, 0.15) is 0 Å². The Bertz CT molecular complexity index is 1420. The second kappa shape index (κ2) is 82.1. The summed E-state index contributed by atoms with van der Waals surface area (Å²) in [6, 6.07) is 0. The van der Waals surface area contributed by atoms with Gasteiger partial charge in [-0.3, -0.25) is 0 Å². The monoisotopic (exact) mass is 1210 g/mol. The van der Waals surface area contributed by atoms with Crippen LogP contribution in [0.3, 0.4) is 0 Å². The lowest BCUT2D eigenvalue weighted by molar-refractivity contribution is -0.140. The lowest BCUT2D eigenvalue weighted by Gasteiger charge is -2.08. The SMILES string of the molecule is C=C(C)C(=O)OC.C=C(CCCCCCCCCCCCC)C(=O)OCCCCCCCCCCCCCCC.C=C(CCCCCCCCCCCCCCCCC)C(=O)OCCCCCCCCCCCCCCCCCCCC.C=CC=C. The van der Waals surface area contributed by atoms with Gasteiger partial charge in [0.05, 0.1) is 20.3 Å². The van der Waals surface area contributed by atoms with Gasteiger partial charge in [0.25, 0.3) is 0 Å². The molecule has 0 aromatic heterocycles. The van der Waals surface area contributed by atoms with Crippen molar-refractivity contribution in [3.05, 3.63) is 61.8 Å². The van der Waals surface area contributed by atoms with Gasteiger partial charge >= 0.3 is 17.9 Å². The minimum Gasteiger partial charge on any atom is -0.466 e. The molecule has 0 saturated heterocycles. The Morgan fingerprint density at radius 3 is 0.570 bits per heavy atom. The second-order valence-corrected chi connectivity index (χ2v) is 25.5. The molecule has 0 rings (SSSR count). The zero-order chi connectivity index (χ0) is 64.1. The van der Waals surface area contributed by atoms with E-state index in [0.717, 1.165) is 38.5 Å². The first-order valence-corrected chi connectivity index (χ1v) is 37.7. The summed E-state index contributed by atoms with van der Waals surface area (Å²) in [5.74, 6) is -0.673. The summed E-state index contributed by atoms with van der Waals surface area (Å²) in [4.78, 5) is 34.4. The van der Waals surface area contributed by atoms with Gasteiger partial charge < -0.3 is 14.2 Å². The van der Waals surface area contributed by atoms with E-state index in [1.165, 1.54) is 347 Å². The van der Waals surface area contributed by atoms with Crippen LogP contribution in [0.15, 0.2) is 61.8 Å². The van der Waals surface area contributed by atoms with Crippen LogP contribution in [0.4, 0.5) is 0 Å². The van der Waals surface area contributed by atoms with Crippen molar-refractivity contribution in [3.63, 3.8) is 0 Å². The van der Waals surface area contributed by atoms with Gasteiger partial charge in [0.15, 0.2) is 0 Å². The Balaban J connectivity index is -0.000000676. The Hall–Kier alpha value is -2.89. The number of methoxy groups -OCH3 is 1. The standard InChI is InChI=1S/C40H78O2.C31H60O2.C5H8O2.C4H6/c1-4-6-8-10-12-14-16-18-20-21-22-24-26-28-30-32-34-36-38-42-40(41)39(3)37-35-33-31-29-27-25-23-19-17-15-13-11-9-7-5-2;1-4-6-8-10-12-14-16-17-19-21-23-25-27-29-33-31(32)30(3)28-26-24-22-20-18-15-13-11-9-7-5-2;1-4(2)5(6)7-3;1-3-4-2/h3-38H2,1-2H3;3-29H2,1-2H3;1H2,2-3H3;3-4H,1-2H2. The van der Waals surface area contributed by atoms with E-state index >= 15 is 0 Å². The van der Waals surface area contributed by atoms with Crippen molar-refractivity contribution in [3.8, 4) is 0 Å². The minimum atomic E-state index is -0.347. The summed E-state index contributed by atoms with van der Waals surface area (Å²) in [6.45, 7) is 29.9. The predicted octanol–water partition coefficient (Wildman–Crippen LogP) is 27.4. The first kappa shape index (κ1) is 89.5. The second-order valence-electron chi connectivity index (χ2n) is 25.5. The molecule has 0 heterocycles. The molecule has 0 aliphatic rings. The molecule has 508 valence electrons. The lowest BCUT2D eigenvalue weighted by Crippen LogP contribution is -2.08. The highest BCUT2D eigenvalue weighted by atomic mass is 16.5. The van der Waals surface area contributed by atoms with Crippen molar-refractivity contribution < 1.29 is 28.6 Å². The van der Waals surface area contributed by atoms with Crippen LogP contribution in [-0.2, 0) is 28.6 Å². The average Bonchev–Trinajstić information content (AvgIpc) is 3.53. The van der Waals surface area contributed by atoms with Crippen molar-refractivity contribution in [1.82, 2.24) is 0 Å². The first-order chi connectivity index (χ1) is 42.0. The number of hydrogen-bond donors (Lipinski definition) is 0. The molecule has 0 amide bonds. The van der Waals surface area contributed by atoms with E-state index in [1.807, 2.05) is 0 Å². The van der Waals surface area contributed by atoms with Crippen LogP contribution < -0.4 is 0 Å². The number of allylic oxidation sites excluding steroid dienone is 2. The van der Waals surface area contributed by atoms with Gasteiger partial charge in [-0.25, -0.2) is 14.4 Å². The summed E-state index contributed by atoms with van der Waals surface area (Å²) in [5, 5.41) is 0. The van der Waals surface area contributed by atoms with Gasteiger partial charge in [0.2, 0.25) is 0 Å². The predicted molar refractivity (Wildman–Crippen MR) is 383 cm³/mol. The Morgan fingerprint density at radius 2 is 0.430 bits per heavy atom. The third-order valence-electron chi connectivity index (χ3n) is 16.7. The van der Waals surface area contributed by atoms with Crippen molar-refractivity contribution in [2.75, 3.05) is 20.3 Å². The highest BCUT2D eigenvalue weighted by molar-refractivity contribution is 5.88. The number of hydrogen-bond acceptors (Lipinski definition) is 6. The van der Waals surface area contributed by atoms with Crippen LogP contribution in [0.1, 0.15) is 413 Å². The number of rotatable bonds is 65. The highest BCUT2D eigenvalue weighted by Gasteiger charge is 2.10. The van der Waals surface area contributed by atoms with E-state index in [4.69, 9.17) is 9.47 Å². The molecule has 0 spiro atoms. The largest absolute Gasteiger partial charge is 0.466 e. The number of carbonyl (C=O) groups is 3. The molecule has 0 fully saturated rings. The molecule has 0 atom stereocenters. The summed E-state index contributed by atoms with van der Waals surface area (Å²) in [5.41, 5.74) is 1.77. The number of unbranched alkanes of at least 4 members (excludes halogenated alkanes) is 53. The molecule has 0 aromatic rings. The molecule has 0 saturated carbocycles. The van der Waals surface area contributed by atoms with E-state index in [9.17, 15) is 14.4 Å². The van der Waals surface area contributed by atoms with Crippen molar-refractivity contribution in [2.45, 2.75) is 413 Å². The summed E-state index contributed by atoms with van der Waals surface area (Å²) in [7, 11) is 1.33. The van der Waals surface area contributed by atoms with Crippen LogP contribution in [-0.4, -0.2) is 38.2 Å². The fraction of sp³-hybridized carbons (Fsp3) is 0.838. The molecular formula is C80H152O6. The van der Waals surface area contributed by atoms with E-state index in [0.29, 0.717) is 29.9 Å². The van der Waals surface area contributed by atoms with E-state index < -0.39 is 0 Å². The molecule has 0 aliphatic heterocycles. The fourth-order valence-corrected chi connectivity index (χ4v) is 10.7. The van der Waals surface area contributed by atoms with Crippen LogP contribution in [0.5, 0.6) is 0 Å². The average molecular weight is 1210 g/mol. The topological polar surface area (TPSA) is 78.9 Å². The fourth-order valence-electron chi connectivity index (χ4n) is 10.7. The van der Waals surface area contributed by atoms with Gasteiger partial charge in [0, 0.05) is 16.7 Å². The molecule has 6 heteroatoms. The third-order valence-corrected chi connectivity index (χ3v) is 16.7. The van der Waals surface area contributed by atoms with Gasteiger partial charge in [-0.05, 0) is 45.4 Å². The molecule has 0 radical (unpaired) electrons. The lowest BCUT2D eigenvalue weighted by atomic mass is 10.0. The normalized spacial score (nSPS) is 10.6. The molecular weight excluding hydrogens is 1060 g/mol. The van der Waals surface area contributed by atoms with E-state index in [2.05, 4.69) is 65.3 Å².